The normalized spacial score (nSPS) is 29.4. The Morgan fingerprint density at radius 2 is 2.00 bits per heavy atom. The first kappa shape index (κ1) is 15.1. The van der Waals surface area contributed by atoms with Crippen LogP contribution < -0.4 is 0 Å². The van der Waals surface area contributed by atoms with Gasteiger partial charge in [0.05, 0.1) is 0 Å². The summed E-state index contributed by atoms with van der Waals surface area (Å²) in [5.74, 6) is 0.774. The van der Waals surface area contributed by atoms with Crippen molar-refractivity contribution in [2.24, 2.45) is 17.8 Å². The van der Waals surface area contributed by atoms with Crippen LogP contribution in [-0.4, -0.2) is 23.8 Å². The number of esters is 1. The first-order chi connectivity index (χ1) is 7.04. The van der Waals surface area contributed by atoms with E-state index in [-0.39, 0.29) is 17.9 Å². The zero-order valence-electron chi connectivity index (χ0n) is 10.2. The van der Waals surface area contributed by atoms with E-state index in [0.717, 1.165) is 12.8 Å². The number of hydrogen-bond acceptors (Lipinski definition) is 3. The smallest absolute Gasteiger partial charge is 0.371 e. The van der Waals surface area contributed by atoms with Crippen LogP contribution in [0.5, 0.6) is 0 Å². The van der Waals surface area contributed by atoms with Crippen LogP contribution >= 0.6 is 0 Å². The average Bonchev–Trinajstić information content (AvgIpc) is 2.17. The molecule has 1 aliphatic carbocycles. The average molecular weight is 230 g/mol. The third kappa shape index (κ3) is 3.93. The van der Waals surface area contributed by atoms with E-state index in [2.05, 4.69) is 20.8 Å². The van der Waals surface area contributed by atoms with Crippen LogP contribution in [0.4, 0.5) is 0 Å². The molecule has 3 atom stereocenters. The second kappa shape index (κ2) is 6.63. The topological polar surface area (TPSA) is 74.9 Å². The second-order valence-corrected chi connectivity index (χ2v) is 4.92. The van der Waals surface area contributed by atoms with E-state index < -0.39 is 5.97 Å². The van der Waals surface area contributed by atoms with Gasteiger partial charge in [0, 0.05) is 0 Å². The summed E-state index contributed by atoms with van der Waals surface area (Å²) >= 11 is 0. The van der Waals surface area contributed by atoms with Crippen molar-refractivity contribution >= 4 is 12.3 Å². The van der Waals surface area contributed by atoms with Crippen molar-refractivity contribution < 1.29 is 19.8 Å². The van der Waals surface area contributed by atoms with E-state index >= 15 is 0 Å². The molecule has 0 aromatic heterocycles. The number of aldehydes is 1. The van der Waals surface area contributed by atoms with Gasteiger partial charge in [0.2, 0.25) is 6.29 Å². The summed E-state index contributed by atoms with van der Waals surface area (Å²) in [4.78, 5) is 21.2. The molecule has 0 aromatic rings. The predicted octanol–water partition coefficient (Wildman–Crippen LogP) is 1.36. The van der Waals surface area contributed by atoms with E-state index in [1.54, 1.807) is 0 Å². The Kier molecular flexibility index (Phi) is 6.26. The van der Waals surface area contributed by atoms with Crippen LogP contribution in [0.15, 0.2) is 0 Å². The zero-order valence-corrected chi connectivity index (χ0v) is 10.2. The maximum Gasteiger partial charge on any atom is 0.371 e. The van der Waals surface area contributed by atoms with E-state index in [0.29, 0.717) is 17.8 Å². The molecule has 1 aliphatic rings. The molecule has 0 amide bonds. The molecule has 0 heterocycles. The highest BCUT2D eigenvalue weighted by atomic mass is 16.5. The van der Waals surface area contributed by atoms with Crippen molar-refractivity contribution in [3.63, 3.8) is 0 Å². The summed E-state index contributed by atoms with van der Waals surface area (Å²) in [5.41, 5.74) is 0. The van der Waals surface area contributed by atoms with Gasteiger partial charge in [-0.3, -0.25) is 4.79 Å². The van der Waals surface area contributed by atoms with Crippen molar-refractivity contribution in [1.29, 1.82) is 0 Å². The summed E-state index contributed by atoms with van der Waals surface area (Å²) in [6.07, 6.45) is 3.37. The molecule has 94 valence electrons. The lowest BCUT2D eigenvalue weighted by Crippen LogP contribution is -2.36. The molecule has 4 heteroatoms. The molecule has 2 unspecified atom stereocenters. The lowest BCUT2D eigenvalue weighted by Gasteiger charge is -2.36. The van der Waals surface area contributed by atoms with Gasteiger partial charge in [0.15, 0.2) is 0 Å². The van der Waals surface area contributed by atoms with E-state index in [1.165, 1.54) is 6.42 Å². The SMILES string of the molecule is CC(C)C1CC[C@@H](C)CC1OC(=O)C=O.O. The first-order valence-corrected chi connectivity index (χ1v) is 5.70. The van der Waals surface area contributed by atoms with Crippen molar-refractivity contribution in [3.8, 4) is 0 Å². The maximum atomic E-state index is 11.0. The minimum atomic E-state index is -0.722. The molecule has 0 spiro atoms. The number of ether oxygens (including phenoxy) is 1. The standard InChI is InChI=1S/C12H20O3.H2O/c1-8(2)10-5-4-9(3)6-11(10)15-12(14)7-13;/h7-11H,4-6H2,1-3H3;1H2/t9-,10?,11?;/m1./s1. The molecular formula is C12H22O4. The molecule has 0 radical (unpaired) electrons. The molecular weight excluding hydrogens is 208 g/mol. The molecule has 0 bridgehead atoms. The Hall–Kier alpha value is -0.900. The van der Waals surface area contributed by atoms with E-state index in [9.17, 15) is 9.59 Å². The fourth-order valence-corrected chi connectivity index (χ4v) is 2.43. The molecule has 0 aliphatic heterocycles. The van der Waals surface area contributed by atoms with Crippen molar-refractivity contribution in [3.05, 3.63) is 0 Å². The second-order valence-electron chi connectivity index (χ2n) is 4.92. The lowest BCUT2D eigenvalue weighted by molar-refractivity contribution is -0.158. The third-order valence-corrected chi connectivity index (χ3v) is 3.33. The molecule has 16 heavy (non-hydrogen) atoms. The lowest BCUT2D eigenvalue weighted by atomic mass is 9.75. The summed E-state index contributed by atoms with van der Waals surface area (Å²) in [6, 6.07) is 0. The fraction of sp³-hybridized carbons (Fsp3) is 0.833. The quantitative estimate of drug-likeness (QED) is 0.417. The molecule has 2 N–H and O–H groups in total. The van der Waals surface area contributed by atoms with Crippen LogP contribution in [0, 0.1) is 17.8 Å². The van der Waals surface area contributed by atoms with Crippen LogP contribution in [0.1, 0.15) is 40.0 Å². The highest BCUT2D eigenvalue weighted by Gasteiger charge is 2.33. The van der Waals surface area contributed by atoms with Gasteiger partial charge < -0.3 is 10.2 Å². The summed E-state index contributed by atoms with van der Waals surface area (Å²) in [6.45, 7) is 6.45. The molecule has 1 fully saturated rings. The largest absolute Gasteiger partial charge is 0.457 e. The minimum Gasteiger partial charge on any atom is -0.457 e. The molecule has 4 nitrogen and oxygen atoms in total. The van der Waals surface area contributed by atoms with Gasteiger partial charge in [-0.15, -0.1) is 0 Å². The number of rotatable bonds is 3. The molecule has 1 saturated carbocycles. The molecule has 1 rings (SSSR count). The van der Waals surface area contributed by atoms with Crippen LogP contribution in [-0.2, 0) is 14.3 Å². The van der Waals surface area contributed by atoms with Crippen LogP contribution in [0.2, 0.25) is 0 Å². The van der Waals surface area contributed by atoms with E-state index in [1.807, 2.05) is 0 Å². The third-order valence-electron chi connectivity index (χ3n) is 3.33. The minimum absolute atomic E-state index is 0. The monoisotopic (exact) mass is 230 g/mol. The summed E-state index contributed by atoms with van der Waals surface area (Å²) in [5, 5.41) is 0. The van der Waals surface area contributed by atoms with Gasteiger partial charge >= 0.3 is 5.97 Å². The highest BCUT2D eigenvalue weighted by Crippen LogP contribution is 2.35. The number of hydrogen-bond donors (Lipinski definition) is 0. The van der Waals surface area contributed by atoms with Crippen molar-refractivity contribution in [2.75, 3.05) is 0 Å². The Bertz CT molecular complexity index is 237. The maximum absolute atomic E-state index is 11.0. The Labute approximate surface area is 96.7 Å². The van der Waals surface area contributed by atoms with Gasteiger partial charge in [-0.25, -0.2) is 4.79 Å². The van der Waals surface area contributed by atoms with Crippen LogP contribution in [0.25, 0.3) is 0 Å². The van der Waals surface area contributed by atoms with Gasteiger partial charge in [-0.1, -0.05) is 27.2 Å². The van der Waals surface area contributed by atoms with Gasteiger partial charge in [-0.05, 0) is 30.6 Å². The van der Waals surface area contributed by atoms with Gasteiger partial charge in [0.25, 0.3) is 0 Å². The Morgan fingerprint density at radius 1 is 1.38 bits per heavy atom. The molecule has 0 saturated heterocycles. The summed E-state index contributed by atoms with van der Waals surface area (Å²) in [7, 11) is 0. The summed E-state index contributed by atoms with van der Waals surface area (Å²) < 4.78 is 5.18. The van der Waals surface area contributed by atoms with Gasteiger partial charge in [-0.2, -0.15) is 0 Å². The Morgan fingerprint density at radius 3 is 2.50 bits per heavy atom. The van der Waals surface area contributed by atoms with E-state index in [4.69, 9.17) is 4.74 Å². The Balaban J connectivity index is 0.00000225. The first-order valence-electron chi connectivity index (χ1n) is 5.70. The van der Waals surface area contributed by atoms with Crippen molar-refractivity contribution in [1.82, 2.24) is 0 Å². The number of carbonyl (C=O) groups excluding carboxylic acids is 2. The predicted molar refractivity (Wildman–Crippen MR) is 60.9 cm³/mol. The highest BCUT2D eigenvalue weighted by molar-refractivity contribution is 6.20. The van der Waals surface area contributed by atoms with Crippen molar-refractivity contribution in [2.45, 2.75) is 46.1 Å². The van der Waals surface area contributed by atoms with Gasteiger partial charge in [0.1, 0.15) is 6.10 Å². The van der Waals surface area contributed by atoms with Crippen LogP contribution in [0.3, 0.4) is 0 Å². The zero-order chi connectivity index (χ0) is 11.4. The number of carbonyl (C=O) groups is 2. The fourth-order valence-electron chi connectivity index (χ4n) is 2.43. The molecule has 0 aromatic carbocycles.